The Kier molecular flexibility index (Phi) is 7.01. The van der Waals surface area contributed by atoms with Crippen molar-refractivity contribution < 1.29 is 9.47 Å². The fourth-order valence-corrected chi connectivity index (χ4v) is 2.30. The van der Waals surface area contributed by atoms with Gasteiger partial charge in [-0.1, -0.05) is 6.92 Å². The lowest BCUT2D eigenvalue weighted by Crippen LogP contribution is -2.35. The van der Waals surface area contributed by atoms with Crippen molar-refractivity contribution in [1.82, 2.24) is 5.32 Å². The summed E-state index contributed by atoms with van der Waals surface area (Å²) in [6.45, 7) is 10.1. The van der Waals surface area contributed by atoms with Crippen LogP contribution in [0.1, 0.15) is 39.5 Å². The van der Waals surface area contributed by atoms with Gasteiger partial charge in [0.15, 0.2) is 0 Å². The Labute approximate surface area is 99.9 Å². The average Bonchev–Trinajstić information content (AvgIpc) is 2.74. The molecule has 0 spiro atoms. The smallest absolute Gasteiger partial charge is 0.0535 e. The minimum atomic E-state index is 0.381. The van der Waals surface area contributed by atoms with Crippen LogP contribution in [0.2, 0.25) is 0 Å². The van der Waals surface area contributed by atoms with Crippen LogP contribution in [0.3, 0.4) is 0 Å². The van der Waals surface area contributed by atoms with Gasteiger partial charge in [0.1, 0.15) is 0 Å². The second-order valence-corrected chi connectivity index (χ2v) is 4.78. The van der Waals surface area contributed by atoms with Crippen molar-refractivity contribution in [3.63, 3.8) is 0 Å². The molecule has 1 atom stereocenters. The summed E-state index contributed by atoms with van der Waals surface area (Å²) in [4.78, 5) is 0. The van der Waals surface area contributed by atoms with Crippen LogP contribution in [0.25, 0.3) is 0 Å². The highest BCUT2D eigenvalue weighted by atomic mass is 16.5. The zero-order valence-electron chi connectivity index (χ0n) is 10.9. The maximum absolute atomic E-state index is 5.57. The zero-order chi connectivity index (χ0) is 11.7. The van der Waals surface area contributed by atoms with Crippen LogP contribution >= 0.6 is 0 Å². The van der Waals surface area contributed by atoms with Gasteiger partial charge in [0.05, 0.1) is 6.61 Å². The fraction of sp³-hybridized carbons (Fsp3) is 1.00. The minimum absolute atomic E-state index is 0.381. The molecule has 3 nitrogen and oxygen atoms in total. The largest absolute Gasteiger partial charge is 0.382 e. The number of nitrogens with one attached hydrogen (secondary N) is 1. The highest BCUT2D eigenvalue weighted by molar-refractivity contribution is 4.85. The molecule has 1 N–H and O–H groups in total. The van der Waals surface area contributed by atoms with Crippen molar-refractivity contribution in [1.29, 1.82) is 0 Å². The SMILES string of the molecule is CCCNCC1(CCCOCC)CCOC1. The third kappa shape index (κ3) is 4.81. The van der Waals surface area contributed by atoms with E-state index in [2.05, 4.69) is 19.2 Å². The van der Waals surface area contributed by atoms with Crippen LogP contribution in [0.4, 0.5) is 0 Å². The molecule has 0 bridgehead atoms. The first-order chi connectivity index (χ1) is 7.83. The Morgan fingerprint density at radius 1 is 1.38 bits per heavy atom. The third-order valence-electron chi connectivity index (χ3n) is 3.31. The molecule has 1 unspecified atom stereocenters. The van der Waals surface area contributed by atoms with Crippen LogP contribution in [0.15, 0.2) is 0 Å². The highest BCUT2D eigenvalue weighted by Crippen LogP contribution is 2.32. The molecular weight excluding hydrogens is 202 g/mol. The van der Waals surface area contributed by atoms with Crippen LogP contribution in [0, 0.1) is 5.41 Å². The molecule has 1 fully saturated rings. The molecule has 0 aliphatic carbocycles. The summed E-state index contributed by atoms with van der Waals surface area (Å²) in [6, 6.07) is 0. The lowest BCUT2D eigenvalue weighted by molar-refractivity contribution is 0.112. The van der Waals surface area contributed by atoms with Crippen LogP contribution in [-0.2, 0) is 9.47 Å². The average molecular weight is 229 g/mol. The molecule has 0 aromatic rings. The fourth-order valence-electron chi connectivity index (χ4n) is 2.30. The van der Waals surface area contributed by atoms with E-state index in [4.69, 9.17) is 9.47 Å². The summed E-state index contributed by atoms with van der Waals surface area (Å²) in [5, 5.41) is 3.54. The van der Waals surface area contributed by atoms with Gasteiger partial charge in [0.2, 0.25) is 0 Å². The normalized spacial score (nSPS) is 25.1. The van der Waals surface area contributed by atoms with E-state index < -0.39 is 0 Å². The van der Waals surface area contributed by atoms with Gasteiger partial charge in [-0.15, -0.1) is 0 Å². The van der Waals surface area contributed by atoms with Gasteiger partial charge in [0.25, 0.3) is 0 Å². The quantitative estimate of drug-likeness (QED) is 0.615. The van der Waals surface area contributed by atoms with Crippen LogP contribution in [0.5, 0.6) is 0 Å². The maximum atomic E-state index is 5.57. The van der Waals surface area contributed by atoms with Gasteiger partial charge in [0, 0.05) is 31.8 Å². The van der Waals surface area contributed by atoms with E-state index >= 15 is 0 Å². The molecule has 1 heterocycles. The van der Waals surface area contributed by atoms with Crippen molar-refractivity contribution in [2.45, 2.75) is 39.5 Å². The van der Waals surface area contributed by atoms with E-state index in [0.29, 0.717) is 5.41 Å². The predicted octanol–water partition coefficient (Wildman–Crippen LogP) is 2.21. The first-order valence-electron chi connectivity index (χ1n) is 6.69. The molecule has 1 rings (SSSR count). The summed E-state index contributed by atoms with van der Waals surface area (Å²) < 4.78 is 11.0. The van der Waals surface area contributed by atoms with Crippen molar-refractivity contribution in [3.05, 3.63) is 0 Å². The zero-order valence-corrected chi connectivity index (χ0v) is 10.9. The molecule has 1 aliphatic rings. The molecule has 0 radical (unpaired) electrons. The maximum Gasteiger partial charge on any atom is 0.0535 e. The van der Waals surface area contributed by atoms with E-state index in [-0.39, 0.29) is 0 Å². The molecule has 0 aromatic heterocycles. The van der Waals surface area contributed by atoms with Gasteiger partial charge in [-0.3, -0.25) is 0 Å². The summed E-state index contributed by atoms with van der Waals surface area (Å²) in [7, 11) is 0. The summed E-state index contributed by atoms with van der Waals surface area (Å²) in [5.74, 6) is 0. The van der Waals surface area contributed by atoms with Gasteiger partial charge in [-0.25, -0.2) is 0 Å². The monoisotopic (exact) mass is 229 g/mol. The molecule has 1 aliphatic heterocycles. The van der Waals surface area contributed by atoms with Crippen molar-refractivity contribution in [3.8, 4) is 0 Å². The van der Waals surface area contributed by atoms with Crippen molar-refractivity contribution >= 4 is 0 Å². The van der Waals surface area contributed by atoms with Gasteiger partial charge >= 0.3 is 0 Å². The molecule has 0 aromatic carbocycles. The number of hydrogen-bond donors (Lipinski definition) is 1. The van der Waals surface area contributed by atoms with E-state index in [1.54, 1.807) is 0 Å². The lowest BCUT2D eigenvalue weighted by Gasteiger charge is -2.27. The Balaban J connectivity index is 2.22. The minimum Gasteiger partial charge on any atom is -0.382 e. The lowest BCUT2D eigenvalue weighted by atomic mass is 9.82. The number of rotatable bonds is 9. The molecule has 0 amide bonds. The number of hydrogen-bond acceptors (Lipinski definition) is 3. The Bertz CT molecular complexity index is 167. The van der Waals surface area contributed by atoms with E-state index in [0.717, 1.165) is 45.9 Å². The molecular formula is C13H27NO2. The van der Waals surface area contributed by atoms with Crippen molar-refractivity contribution in [2.24, 2.45) is 5.41 Å². The Morgan fingerprint density at radius 3 is 2.88 bits per heavy atom. The van der Waals surface area contributed by atoms with Gasteiger partial charge in [-0.05, 0) is 39.2 Å². The molecule has 0 saturated carbocycles. The van der Waals surface area contributed by atoms with Crippen molar-refractivity contribution in [2.75, 3.05) is 39.5 Å². The molecule has 3 heteroatoms. The second kappa shape index (κ2) is 8.04. The third-order valence-corrected chi connectivity index (χ3v) is 3.31. The molecule has 1 saturated heterocycles. The molecule has 16 heavy (non-hydrogen) atoms. The molecule has 96 valence electrons. The van der Waals surface area contributed by atoms with Gasteiger partial charge in [-0.2, -0.15) is 0 Å². The Morgan fingerprint density at radius 2 is 2.25 bits per heavy atom. The Hall–Kier alpha value is -0.120. The van der Waals surface area contributed by atoms with Crippen LogP contribution in [-0.4, -0.2) is 39.5 Å². The van der Waals surface area contributed by atoms with E-state index in [1.807, 2.05) is 0 Å². The summed E-state index contributed by atoms with van der Waals surface area (Å²) in [6.07, 6.45) is 4.79. The van der Waals surface area contributed by atoms with Crippen LogP contribution < -0.4 is 5.32 Å². The predicted molar refractivity (Wildman–Crippen MR) is 66.8 cm³/mol. The first-order valence-corrected chi connectivity index (χ1v) is 6.69. The van der Waals surface area contributed by atoms with E-state index in [9.17, 15) is 0 Å². The summed E-state index contributed by atoms with van der Waals surface area (Å²) in [5.41, 5.74) is 0.381. The topological polar surface area (TPSA) is 30.5 Å². The second-order valence-electron chi connectivity index (χ2n) is 4.78. The highest BCUT2D eigenvalue weighted by Gasteiger charge is 2.33. The summed E-state index contributed by atoms with van der Waals surface area (Å²) >= 11 is 0. The standard InChI is InChI=1S/C13H27NO2/c1-3-8-14-11-13(7-10-16-12-13)6-5-9-15-4-2/h14H,3-12H2,1-2H3. The van der Waals surface area contributed by atoms with Gasteiger partial charge < -0.3 is 14.8 Å². The number of ether oxygens (including phenoxy) is 2. The van der Waals surface area contributed by atoms with E-state index in [1.165, 1.54) is 19.3 Å². The first kappa shape index (κ1) is 13.9.